The number of nitrogens with zero attached hydrogens (tertiary/aromatic N) is 1. The lowest BCUT2D eigenvalue weighted by atomic mass is 10.2. The Labute approximate surface area is 110 Å². The molecule has 0 fully saturated rings. The van der Waals surface area contributed by atoms with Gasteiger partial charge in [0, 0.05) is 18.8 Å². The number of aliphatic imine (C=N–C) groups is 1. The minimum absolute atomic E-state index is 0.574. The molecule has 0 saturated heterocycles. The number of hydrogen-bond donors (Lipinski definition) is 3. The second-order valence-corrected chi connectivity index (χ2v) is 4.44. The molecule has 0 saturated carbocycles. The first-order valence-corrected chi connectivity index (χ1v) is 6.24. The lowest BCUT2D eigenvalue weighted by Gasteiger charge is -2.13. The smallest absolute Gasteiger partial charge is 0.196 e. The summed E-state index contributed by atoms with van der Waals surface area (Å²) in [6.07, 6.45) is 0. The van der Waals surface area contributed by atoms with Gasteiger partial charge in [0.25, 0.3) is 0 Å². The van der Waals surface area contributed by atoms with Crippen LogP contribution in [0.5, 0.6) is 0 Å². The molecule has 17 heavy (non-hydrogen) atoms. The molecule has 3 N–H and O–H groups in total. The molecule has 0 bridgehead atoms. The van der Waals surface area contributed by atoms with Crippen molar-refractivity contribution in [3.05, 3.63) is 22.2 Å². The zero-order chi connectivity index (χ0) is 12.3. The second-order valence-electron chi connectivity index (χ2n) is 3.63. The average Bonchev–Trinajstić information content (AvgIpc) is 2.76. The third kappa shape index (κ3) is 2.96. The summed E-state index contributed by atoms with van der Waals surface area (Å²) in [4.78, 5) is 4.23. The van der Waals surface area contributed by atoms with E-state index in [0.717, 1.165) is 25.3 Å². The van der Waals surface area contributed by atoms with Crippen LogP contribution < -0.4 is 16.0 Å². The fourth-order valence-corrected chi connectivity index (χ4v) is 2.18. The molecule has 1 aliphatic heterocycles. The van der Waals surface area contributed by atoms with Gasteiger partial charge in [-0.1, -0.05) is 23.2 Å². The molecule has 1 aromatic carbocycles. The van der Waals surface area contributed by atoms with Crippen molar-refractivity contribution in [2.24, 2.45) is 4.99 Å². The number of hydrogen-bond acceptors (Lipinski definition) is 4. The van der Waals surface area contributed by atoms with Crippen LogP contribution >= 0.6 is 23.2 Å². The van der Waals surface area contributed by atoms with Crippen LogP contribution in [0.4, 0.5) is 11.4 Å². The minimum atomic E-state index is 0.574. The van der Waals surface area contributed by atoms with Gasteiger partial charge in [-0.05, 0) is 19.1 Å². The van der Waals surface area contributed by atoms with Crippen molar-refractivity contribution in [3.63, 3.8) is 0 Å². The standard InChI is InChI=1S/C11H14Cl2N4/c1-2-14-7-5-8(12)10(9(13)6-7)17-11-15-3-4-16-11/h5-6,14H,2-4H2,1H3,(H2,15,16,17). The molecule has 1 aliphatic rings. The van der Waals surface area contributed by atoms with Gasteiger partial charge in [-0.2, -0.15) is 0 Å². The maximum Gasteiger partial charge on any atom is 0.196 e. The largest absolute Gasteiger partial charge is 0.385 e. The van der Waals surface area contributed by atoms with Crippen molar-refractivity contribution in [3.8, 4) is 0 Å². The van der Waals surface area contributed by atoms with Crippen LogP contribution in [0.15, 0.2) is 17.1 Å². The van der Waals surface area contributed by atoms with E-state index in [1.54, 1.807) is 0 Å². The zero-order valence-electron chi connectivity index (χ0n) is 9.48. The predicted molar refractivity (Wildman–Crippen MR) is 74.6 cm³/mol. The van der Waals surface area contributed by atoms with E-state index in [1.807, 2.05) is 19.1 Å². The van der Waals surface area contributed by atoms with Crippen LogP contribution in [-0.4, -0.2) is 25.6 Å². The quantitative estimate of drug-likeness (QED) is 0.793. The highest BCUT2D eigenvalue weighted by Gasteiger charge is 2.12. The van der Waals surface area contributed by atoms with E-state index in [1.165, 1.54) is 0 Å². The molecule has 2 rings (SSSR count). The Bertz CT molecular complexity index is 422. The van der Waals surface area contributed by atoms with Crippen LogP contribution in [-0.2, 0) is 0 Å². The molecule has 0 aromatic heterocycles. The second kappa shape index (κ2) is 5.47. The summed E-state index contributed by atoms with van der Waals surface area (Å²) in [6, 6.07) is 3.68. The van der Waals surface area contributed by atoms with Crippen molar-refractivity contribution in [1.82, 2.24) is 5.32 Å². The lowest BCUT2D eigenvalue weighted by molar-refractivity contribution is 0.959. The first kappa shape index (κ1) is 12.3. The summed E-state index contributed by atoms with van der Waals surface area (Å²) in [6.45, 7) is 4.46. The van der Waals surface area contributed by atoms with Gasteiger partial charge in [-0.3, -0.25) is 4.99 Å². The normalized spacial score (nSPS) is 14.2. The minimum Gasteiger partial charge on any atom is -0.385 e. The van der Waals surface area contributed by atoms with Gasteiger partial charge >= 0.3 is 0 Å². The molecule has 1 heterocycles. The molecule has 92 valence electrons. The molecule has 0 amide bonds. The lowest BCUT2D eigenvalue weighted by Crippen LogP contribution is -2.26. The van der Waals surface area contributed by atoms with Crippen molar-refractivity contribution in [2.45, 2.75) is 6.92 Å². The van der Waals surface area contributed by atoms with Crippen molar-refractivity contribution in [2.75, 3.05) is 30.3 Å². The number of nitrogens with one attached hydrogen (secondary N) is 3. The summed E-state index contributed by atoms with van der Waals surface area (Å²) in [5, 5.41) is 10.5. The summed E-state index contributed by atoms with van der Waals surface area (Å²) in [5.74, 6) is 0.713. The molecule has 4 nitrogen and oxygen atoms in total. The summed E-state index contributed by atoms with van der Waals surface area (Å²) >= 11 is 12.4. The molecule has 0 unspecified atom stereocenters. The van der Waals surface area contributed by atoms with E-state index in [0.29, 0.717) is 21.7 Å². The SMILES string of the molecule is CCNc1cc(Cl)c(NC2=NCCN2)c(Cl)c1. The Morgan fingerprint density at radius 1 is 1.35 bits per heavy atom. The van der Waals surface area contributed by atoms with Crippen LogP contribution in [0.25, 0.3) is 0 Å². The molecule has 6 heteroatoms. The Morgan fingerprint density at radius 2 is 2.06 bits per heavy atom. The van der Waals surface area contributed by atoms with Gasteiger partial charge in [-0.25, -0.2) is 0 Å². The third-order valence-electron chi connectivity index (χ3n) is 2.34. The van der Waals surface area contributed by atoms with E-state index >= 15 is 0 Å². The molecular weight excluding hydrogens is 259 g/mol. The van der Waals surface area contributed by atoms with Gasteiger partial charge < -0.3 is 16.0 Å². The predicted octanol–water partition coefficient (Wildman–Crippen LogP) is 2.80. The summed E-state index contributed by atoms with van der Waals surface area (Å²) < 4.78 is 0. The van der Waals surface area contributed by atoms with Gasteiger partial charge in [0.2, 0.25) is 0 Å². The zero-order valence-corrected chi connectivity index (χ0v) is 11.0. The Hall–Kier alpha value is -1.13. The van der Waals surface area contributed by atoms with Crippen LogP contribution in [0, 0.1) is 0 Å². The number of rotatable bonds is 3. The van der Waals surface area contributed by atoms with Gasteiger partial charge in [-0.15, -0.1) is 0 Å². The van der Waals surface area contributed by atoms with Crippen molar-refractivity contribution in [1.29, 1.82) is 0 Å². The molecule has 0 radical (unpaired) electrons. The van der Waals surface area contributed by atoms with Gasteiger partial charge in [0.15, 0.2) is 5.96 Å². The monoisotopic (exact) mass is 272 g/mol. The average molecular weight is 273 g/mol. The number of guanidine groups is 1. The van der Waals surface area contributed by atoms with E-state index in [2.05, 4.69) is 20.9 Å². The third-order valence-corrected chi connectivity index (χ3v) is 2.94. The fourth-order valence-electron chi connectivity index (χ4n) is 1.60. The van der Waals surface area contributed by atoms with E-state index < -0.39 is 0 Å². The first-order valence-electron chi connectivity index (χ1n) is 5.49. The Morgan fingerprint density at radius 3 is 2.59 bits per heavy atom. The highest BCUT2D eigenvalue weighted by atomic mass is 35.5. The van der Waals surface area contributed by atoms with E-state index in [-0.39, 0.29) is 0 Å². The molecule has 0 aliphatic carbocycles. The summed E-state index contributed by atoms with van der Waals surface area (Å²) in [7, 11) is 0. The number of halogens is 2. The number of benzene rings is 1. The highest BCUT2D eigenvalue weighted by molar-refractivity contribution is 6.40. The van der Waals surface area contributed by atoms with Crippen molar-refractivity contribution >= 4 is 40.5 Å². The van der Waals surface area contributed by atoms with E-state index in [4.69, 9.17) is 23.2 Å². The summed E-state index contributed by atoms with van der Waals surface area (Å²) in [5.41, 5.74) is 1.59. The van der Waals surface area contributed by atoms with Crippen molar-refractivity contribution < 1.29 is 0 Å². The van der Waals surface area contributed by atoms with E-state index in [9.17, 15) is 0 Å². The first-order chi connectivity index (χ1) is 8.20. The maximum atomic E-state index is 6.18. The van der Waals surface area contributed by atoms with Gasteiger partial charge in [0.05, 0.1) is 22.3 Å². The Kier molecular flexibility index (Phi) is 3.97. The molecule has 0 atom stereocenters. The fraction of sp³-hybridized carbons (Fsp3) is 0.364. The van der Waals surface area contributed by atoms with Crippen LogP contribution in [0.2, 0.25) is 10.0 Å². The van der Waals surface area contributed by atoms with Crippen LogP contribution in [0.3, 0.4) is 0 Å². The Balaban J connectivity index is 2.21. The molecular formula is C11H14Cl2N4. The topological polar surface area (TPSA) is 48.5 Å². The van der Waals surface area contributed by atoms with Crippen LogP contribution in [0.1, 0.15) is 6.92 Å². The molecule has 1 aromatic rings. The maximum absolute atomic E-state index is 6.18. The molecule has 0 spiro atoms. The van der Waals surface area contributed by atoms with Gasteiger partial charge in [0.1, 0.15) is 0 Å². The highest BCUT2D eigenvalue weighted by Crippen LogP contribution is 2.33. The number of anilines is 2.